The van der Waals surface area contributed by atoms with Crippen LogP contribution >= 0.6 is 0 Å². The highest BCUT2D eigenvalue weighted by Gasteiger charge is 2.37. The zero-order valence-electron chi connectivity index (χ0n) is 29.2. The smallest absolute Gasteiger partial charge is 0.410 e. The summed E-state index contributed by atoms with van der Waals surface area (Å²) in [5, 5.41) is 3.05. The fourth-order valence-electron chi connectivity index (χ4n) is 8.37. The standard InChI is InChI=1S/C38H51N5O6.CH4/c1-26-22-28(23-27(2)35(26)48-25-44)24-34(36(45)41-17-10-30(11-18-41)29-8-15-40(3)16-9-29)49-38(47)42-19-13-32(14-20-42)43-21-12-31-6-4-5-7-33(31)39-37(43)46;/h4-7,22-23,25,29-30,32,34H,8-21,24H2,1-3H3,(H,39,46);1H4/t34-;/m1./s1. The van der Waals surface area contributed by atoms with E-state index in [1.54, 1.807) is 4.90 Å². The second kappa shape index (κ2) is 16.7. The van der Waals surface area contributed by atoms with E-state index in [0.717, 1.165) is 60.3 Å². The lowest BCUT2D eigenvalue weighted by Gasteiger charge is -2.40. The molecule has 0 saturated carbocycles. The Morgan fingerprint density at radius 2 is 1.48 bits per heavy atom. The Hall–Kier alpha value is -4.12. The number of urea groups is 1. The van der Waals surface area contributed by atoms with Crippen LogP contribution in [0.1, 0.15) is 68.2 Å². The van der Waals surface area contributed by atoms with Gasteiger partial charge >= 0.3 is 12.1 Å². The Labute approximate surface area is 297 Å². The second-order valence-corrected chi connectivity index (χ2v) is 14.4. The predicted octanol–water partition coefficient (Wildman–Crippen LogP) is 5.66. The van der Waals surface area contributed by atoms with Crippen molar-refractivity contribution in [3.63, 3.8) is 0 Å². The summed E-state index contributed by atoms with van der Waals surface area (Å²) in [5.41, 5.74) is 4.38. The molecule has 1 N–H and O–H groups in total. The van der Waals surface area contributed by atoms with Crippen LogP contribution in [0.25, 0.3) is 0 Å². The Kier molecular flexibility index (Phi) is 12.4. The van der Waals surface area contributed by atoms with Crippen molar-refractivity contribution < 1.29 is 28.7 Å². The summed E-state index contributed by atoms with van der Waals surface area (Å²) in [4.78, 5) is 59.8. The highest BCUT2D eigenvalue weighted by Crippen LogP contribution is 2.33. The molecule has 11 nitrogen and oxygen atoms in total. The molecule has 0 aromatic heterocycles. The Morgan fingerprint density at radius 1 is 0.880 bits per heavy atom. The monoisotopic (exact) mass is 689 g/mol. The molecule has 50 heavy (non-hydrogen) atoms. The molecular weight excluding hydrogens is 634 g/mol. The third kappa shape index (κ3) is 8.60. The molecule has 0 bridgehead atoms. The van der Waals surface area contributed by atoms with E-state index >= 15 is 0 Å². The van der Waals surface area contributed by atoms with Crippen molar-refractivity contribution >= 4 is 30.2 Å². The zero-order chi connectivity index (χ0) is 34.5. The summed E-state index contributed by atoms with van der Waals surface area (Å²) in [6.07, 6.45) is 5.17. The number of amides is 4. The highest BCUT2D eigenvalue weighted by atomic mass is 16.6. The molecule has 272 valence electrons. The van der Waals surface area contributed by atoms with Gasteiger partial charge in [-0.3, -0.25) is 9.59 Å². The number of aryl methyl sites for hydroxylation is 2. The SMILES string of the molecule is C.Cc1cc(C[C@@H](OC(=O)N2CCC(N3CCc4ccccc4NC3=O)CC2)C(=O)N2CCC(C3CCN(C)CC3)CC2)cc(C)c1OC=O. The summed E-state index contributed by atoms with van der Waals surface area (Å²) < 4.78 is 11.3. The largest absolute Gasteiger partial charge is 0.436 e. The summed E-state index contributed by atoms with van der Waals surface area (Å²) >= 11 is 0. The van der Waals surface area contributed by atoms with Crippen molar-refractivity contribution in [1.29, 1.82) is 0 Å². The number of fused-ring (bicyclic) bond motifs is 1. The molecule has 0 radical (unpaired) electrons. The van der Waals surface area contributed by atoms with Crippen molar-refractivity contribution in [3.05, 3.63) is 58.7 Å². The van der Waals surface area contributed by atoms with Gasteiger partial charge in [0.2, 0.25) is 0 Å². The quantitative estimate of drug-likeness (QED) is 0.357. The number of hydrogen-bond donors (Lipinski definition) is 1. The molecule has 0 unspecified atom stereocenters. The Morgan fingerprint density at radius 3 is 2.12 bits per heavy atom. The van der Waals surface area contributed by atoms with E-state index < -0.39 is 12.2 Å². The highest BCUT2D eigenvalue weighted by molar-refractivity contribution is 5.91. The van der Waals surface area contributed by atoms with E-state index in [1.165, 1.54) is 12.8 Å². The van der Waals surface area contributed by atoms with Crippen LogP contribution in [0.15, 0.2) is 36.4 Å². The van der Waals surface area contributed by atoms with Gasteiger partial charge in [0.05, 0.1) is 0 Å². The molecule has 3 saturated heterocycles. The number of carbonyl (C=O) groups excluding carboxylic acids is 4. The number of ether oxygens (including phenoxy) is 2. The number of para-hydroxylation sites is 1. The Bertz CT molecular complexity index is 1490. The van der Waals surface area contributed by atoms with Crippen molar-refractivity contribution in [1.82, 2.24) is 19.6 Å². The second-order valence-electron chi connectivity index (χ2n) is 14.4. The summed E-state index contributed by atoms with van der Waals surface area (Å²) in [7, 11) is 2.18. The maximum absolute atomic E-state index is 14.1. The number of carbonyl (C=O) groups is 4. The number of likely N-dealkylation sites (tertiary alicyclic amines) is 3. The maximum atomic E-state index is 14.1. The molecule has 0 aliphatic carbocycles. The normalized spacial score (nSPS) is 20.2. The average molecular weight is 690 g/mol. The van der Waals surface area contributed by atoms with Gasteiger partial charge in [-0.2, -0.15) is 0 Å². The number of nitrogens with zero attached hydrogens (tertiary/aromatic N) is 4. The van der Waals surface area contributed by atoms with Crippen LogP contribution in [0.5, 0.6) is 5.75 Å². The van der Waals surface area contributed by atoms with E-state index in [0.29, 0.717) is 69.6 Å². The van der Waals surface area contributed by atoms with Gasteiger partial charge in [-0.15, -0.1) is 0 Å². The number of piperidine rings is 3. The molecule has 4 heterocycles. The van der Waals surface area contributed by atoms with Crippen molar-refractivity contribution in [3.8, 4) is 5.75 Å². The van der Waals surface area contributed by atoms with Crippen molar-refractivity contribution in [2.24, 2.45) is 11.8 Å². The van der Waals surface area contributed by atoms with E-state index in [2.05, 4.69) is 17.3 Å². The molecule has 2 aromatic carbocycles. The number of rotatable bonds is 8. The minimum absolute atomic E-state index is 0. The Balaban J connectivity index is 0.00000486. The van der Waals surface area contributed by atoms with Gasteiger partial charge < -0.3 is 34.4 Å². The number of nitrogens with one attached hydrogen (secondary N) is 1. The molecule has 4 aliphatic heterocycles. The lowest BCUT2D eigenvalue weighted by molar-refractivity contribution is -0.142. The van der Waals surface area contributed by atoms with Crippen molar-refractivity contribution in [2.45, 2.75) is 84.8 Å². The zero-order valence-corrected chi connectivity index (χ0v) is 29.2. The lowest BCUT2D eigenvalue weighted by Crippen LogP contribution is -2.52. The minimum atomic E-state index is -0.975. The number of benzene rings is 2. The molecule has 6 rings (SSSR count). The van der Waals surface area contributed by atoms with E-state index in [1.807, 2.05) is 60.0 Å². The summed E-state index contributed by atoms with van der Waals surface area (Å²) in [5.74, 6) is 1.67. The first kappa shape index (κ1) is 37.1. The van der Waals surface area contributed by atoms with Crippen LogP contribution in [0.2, 0.25) is 0 Å². The van der Waals surface area contributed by atoms with Crippen molar-refractivity contribution in [2.75, 3.05) is 58.2 Å². The predicted molar refractivity (Wildman–Crippen MR) is 193 cm³/mol. The van der Waals surface area contributed by atoms with Gasteiger partial charge in [-0.05, 0) is 119 Å². The molecule has 1 atom stereocenters. The van der Waals surface area contributed by atoms with E-state index in [-0.39, 0.29) is 31.8 Å². The molecule has 2 aromatic rings. The fraction of sp³-hybridized carbons (Fsp3) is 0.590. The van der Waals surface area contributed by atoms with Crippen LogP contribution < -0.4 is 10.1 Å². The van der Waals surface area contributed by atoms with Gasteiger partial charge in [-0.1, -0.05) is 37.8 Å². The minimum Gasteiger partial charge on any atom is -0.436 e. The van der Waals surface area contributed by atoms with Crippen LogP contribution in [-0.4, -0.2) is 109 Å². The van der Waals surface area contributed by atoms with Gasteiger partial charge in [0.15, 0.2) is 6.10 Å². The molecule has 4 amide bonds. The third-order valence-electron chi connectivity index (χ3n) is 11.2. The van der Waals surface area contributed by atoms with Gasteiger partial charge in [0.25, 0.3) is 12.4 Å². The maximum Gasteiger partial charge on any atom is 0.410 e. The molecule has 3 fully saturated rings. The lowest BCUT2D eigenvalue weighted by atomic mass is 9.79. The summed E-state index contributed by atoms with van der Waals surface area (Å²) in [6.45, 7) is 9.25. The molecule has 0 spiro atoms. The topological polar surface area (TPSA) is 112 Å². The van der Waals surface area contributed by atoms with Crippen LogP contribution in [0.3, 0.4) is 0 Å². The van der Waals surface area contributed by atoms with Gasteiger partial charge in [-0.25, -0.2) is 9.59 Å². The first-order valence-corrected chi connectivity index (χ1v) is 18.0. The van der Waals surface area contributed by atoms with Crippen LogP contribution in [0.4, 0.5) is 15.3 Å². The van der Waals surface area contributed by atoms with Gasteiger partial charge in [0, 0.05) is 50.9 Å². The molecule has 11 heteroatoms. The number of anilines is 1. The average Bonchev–Trinajstić information content (AvgIpc) is 3.27. The first-order chi connectivity index (χ1) is 23.7. The molecule has 4 aliphatic rings. The number of hydrogen-bond acceptors (Lipinski definition) is 7. The van der Waals surface area contributed by atoms with Crippen LogP contribution in [0, 0.1) is 25.7 Å². The van der Waals surface area contributed by atoms with E-state index in [4.69, 9.17) is 9.47 Å². The van der Waals surface area contributed by atoms with E-state index in [9.17, 15) is 19.2 Å². The first-order valence-electron chi connectivity index (χ1n) is 18.0. The van der Waals surface area contributed by atoms with Gasteiger partial charge in [0.1, 0.15) is 5.75 Å². The molecular formula is C39H55N5O6. The fourth-order valence-corrected chi connectivity index (χ4v) is 8.37. The summed E-state index contributed by atoms with van der Waals surface area (Å²) in [6, 6.07) is 11.6. The van der Waals surface area contributed by atoms with Crippen LogP contribution in [-0.2, 0) is 27.2 Å². The third-order valence-corrected chi connectivity index (χ3v) is 11.2.